The van der Waals surface area contributed by atoms with Crippen LogP contribution < -0.4 is 0 Å². The Bertz CT molecular complexity index is 1280. The van der Waals surface area contributed by atoms with Gasteiger partial charge in [-0.15, -0.1) is 0 Å². The molecule has 3 heteroatoms. The Morgan fingerprint density at radius 1 is 0.679 bits per heavy atom. The van der Waals surface area contributed by atoms with Crippen LogP contribution in [0.4, 0.5) is 0 Å². The standard InChI is InChI=1S/C25H14BrClS/c26-15-12-13-23-20(14-15)25(18-8-3-4-11-22(18)28-23)17-7-2-1-6-16(17)24-19(25)9-5-10-21(24)27/h1-14H. The van der Waals surface area contributed by atoms with E-state index in [0.29, 0.717) is 0 Å². The summed E-state index contributed by atoms with van der Waals surface area (Å²) in [5.41, 5.74) is 7.28. The molecule has 1 spiro atoms. The molecule has 4 aromatic rings. The van der Waals surface area contributed by atoms with E-state index in [1.165, 1.54) is 37.6 Å². The van der Waals surface area contributed by atoms with E-state index in [0.717, 1.165) is 15.1 Å². The van der Waals surface area contributed by atoms with E-state index < -0.39 is 0 Å². The second-order valence-electron chi connectivity index (χ2n) is 7.20. The summed E-state index contributed by atoms with van der Waals surface area (Å²) in [6.07, 6.45) is 0. The molecule has 6 rings (SSSR count). The van der Waals surface area contributed by atoms with Crippen LogP contribution in [-0.4, -0.2) is 0 Å². The lowest BCUT2D eigenvalue weighted by atomic mass is 9.67. The molecule has 0 saturated heterocycles. The first-order chi connectivity index (χ1) is 13.7. The molecule has 1 aliphatic carbocycles. The van der Waals surface area contributed by atoms with Gasteiger partial charge in [0, 0.05) is 24.8 Å². The number of benzene rings is 4. The van der Waals surface area contributed by atoms with Crippen molar-refractivity contribution >= 4 is 39.3 Å². The van der Waals surface area contributed by atoms with Crippen molar-refractivity contribution in [2.24, 2.45) is 0 Å². The number of halogens is 2. The first-order valence-electron chi connectivity index (χ1n) is 9.17. The van der Waals surface area contributed by atoms with E-state index in [-0.39, 0.29) is 5.41 Å². The highest BCUT2D eigenvalue weighted by Crippen LogP contribution is 2.63. The molecule has 1 unspecified atom stereocenters. The number of fused-ring (bicyclic) bond motifs is 9. The molecular formula is C25H14BrClS. The second-order valence-corrected chi connectivity index (χ2v) is 9.60. The maximum Gasteiger partial charge on any atom is 0.0736 e. The number of hydrogen-bond acceptors (Lipinski definition) is 1. The van der Waals surface area contributed by atoms with Gasteiger partial charge in [0.2, 0.25) is 0 Å². The smallest absolute Gasteiger partial charge is 0.0736 e. The summed E-state index contributed by atoms with van der Waals surface area (Å²) in [7, 11) is 0. The lowest BCUT2D eigenvalue weighted by Crippen LogP contribution is -2.32. The molecule has 0 amide bonds. The van der Waals surface area contributed by atoms with Crippen molar-refractivity contribution in [1.29, 1.82) is 0 Å². The summed E-state index contributed by atoms with van der Waals surface area (Å²) in [6.45, 7) is 0. The van der Waals surface area contributed by atoms with Gasteiger partial charge in [0.15, 0.2) is 0 Å². The Labute approximate surface area is 181 Å². The average molecular weight is 462 g/mol. The fourth-order valence-corrected chi connectivity index (χ4v) is 6.69. The fourth-order valence-electron chi connectivity index (χ4n) is 4.88. The van der Waals surface area contributed by atoms with Crippen molar-refractivity contribution in [3.63, 3.8) is 0 Å². The molecule has 0 saturated carbocycles. The summed E-state index contributed by atoms with van der Waals surface area (Å²) < 4.78 is 1.10. The normalized spacial score (nSPS) is 18.4. The summed E-state index contributed by atoms with van der Waals surface area (Å²) in [6, 6.07) is 30.5. The SMILES string of the molecule is Clc1cccc2c1-c1ccccc1C21c2ccccc2Sc2ccc(Br)cc21. The molecule has 0 N–H and O–H groups in total. The van der Waals surface area contributed by atoms with Gasteiger partial charge in [-0.3, -0.25) is 0 Å². The third kappa shape index (κ3) is 2.03. The van der Waals surface area contributed by atoms with E-state index in [1.54, 1.807) is 0 Å². The monoisotopic (exact) mass is 460 g/mol. The average Bonchev–Trinajstić information content (AvgIpc) is 3.02. The molecule has 4 aromatic carbocycles. The summed E-state index contributed by atoms with van der Waals surface area (Å²) in [5, 5.41) is 0.814. The Morgan fingerprint density at radius 2 is 1.39 bits per heavy atom. The molecule has 1 atom stereocenters. The van der Waals surface area contributed by atoms with Gasteiger partial charge in [-0.1, -0.05) is 93.9 Å². The zero-order valence-corrected chi connectivity index (χ0v) is 17.9. The third-order valence-corrected chi connectivity index (χ3v) is 7.83. The number of rotatable bonds is 0. The molecule has 0 aromatic heterocycles. The van der Waals surface area contributed by atoms with Crippen LogP contribution >= 0.6 is 39.3 Å². The van der Waals surface area contributed by atoms with Gasteiger partial charge in [0.05, 0.1) is 5.41 Å². The molecule has 28 heavy (non-hydrogen) atoms. The minimum Gasteiger partial charge on any atom is -0.0894 e. The van der Waals surface area contributed by atoms with Crippen molar-refractivity contribution < 1.29 is 0 Å². The van der Waals surface area contributed by atoms with Crippen LogP contribution in [0.15, 0.2) is 99.2 Å². The van der Waals surface area contributed by atoms with Crippen molar-refractivity contribution in [2.75, 3.05) is 0 Å². The summed E-state index contributed by atoms with van der Waals surface area (Å²) in [5.74, 6) is 0. The predicted octanol–water partition coefficient (Wildman–Crippen LogP) is 7.93. The minimum atomic E-state index is -0.349. The van der Waals surface area contributed by atoms with E-state index in [9.17, 15) is 0 Å². The summed E-state index contributed by atoms with van der Waals surface area (Å²) in [4.78, 5) is 2.60. The van der Waals surface area contributed by atoms with Crippen LogP contribution in [0.1, 0.15) is 22.3 Å². The molecule has 1 aliphatic heterocycles. The van der Waals surface area contributed by atoms with Gasteiger partial charge in [-0.2, -0.15) is 0 Å². The molecule has 0 fully saturated rings. The maximum absolute atomic E-state index is 6.77. The van der Waals surface area contributed by atoms with Crippen LogP contribution in [0.2, 0.25) is 5.02 Å². The highest BCUT2D eigenvalue weighted by atomic mass is 79.9. The van der Waals surface area contributed by atoms with Gasteiger partial charge in [-0.05, 0) is 58.1 Å². The lowest BCUT2D eigenvalue weighted by molar-refractivity contribution is 0.721. The van der Waals surface area contributed by atoms with Crippen LogP contribution in [0.3, 0.4) is 0 Å². The van der Waals surface area contributed by atoms with Crippen molar-refractivity contribution in [1.82, 2.24) is 0 Å². The molecule has 0 radical (unpaired) electrons. The van der Waals surface area contributed by atoms with E-state index in [2.05, 4.69) is 94.8 Å². The van der Waals surface area contributed by atoms with Crippen molar-refractivity contribution in [3.05, 3.63) is 117 Å². The van der Waals surface area contributed by atoms with Crippen LogP contribution in [0, 0.1) is 0 Å². The fraction of sp³-hybridized carbons (Fsp3) is 0.0400. The van der Waals surface area contributed by atoms with Gasteiger partial charge in [0.1, 0.15) is 0 Å². The van der Waals surface area contributed by atoms with Gasteiger partial charge in [0.25, 0.3) is 0 Å². The van der Waals surface area contributed by atoms with Gasteiger partial charge < -0.3 is 0 Å². The Balaban J connectivity index is 1.88. The topological polar surface area (TPSA) is 0 Å². The van der Waals surface area contributed by atoms with Crippen LogP contribution in [-0.2, 0) is 5.41 Å². The minimum absolute atomic E-state index is 0.349. The second kappa shape index (κ2) is 6.00. The zero-order valence-electron chi connectivity index (χ0n) is 14.7. The largest absolute Gasteiger partial charge is 0.0894 e. The van der Waals surface area contributed by atoms with Crippen molar-refractivity contribution in [2.45, 2.75) is 15.2 Å². The Kier molecular flexibility index (Phi) is 3.62. The molecule has 1 heterocycles. The molecule has 134 valence electrons. The Hall–Kier alpha value is -2.00. The first-order valence-corrected chi connectivity index (χ1v) is 11.2. The lowest BCUT2D eigenvalue weighted by Gasteiger charge is -2.39. The summed E-state index contributed by atoms with van der Waals surface area (Å²) >= 11 is 12.3. The number of hydrogen-bond donors (Lipinski definition) is 0. The predicted molar refractivity (Wildman–Crippen MR) is 121 cm³/mol. The van der Waals surface area contributed by atoms with Gasteiger partial charge >= 0.3 is 0 Å². The van der Waals surface area contributed by atoms with Crippen molar-refractivity contribution in [3.8, 4) is 11.1 Å². The van der Waals surface area contributed by atoms with E-state index in [1.807, 2.05) is 17.8 Å². The molecule has 0 bridgehead atoms. The highest BCUT2D eigenvalue weighted by Gasteiger charge is 2.50. The molecule has 2 aliphatic rings. The maximum atomic E-state index is 6.77. The first kappa shape index (κ1) is 16.9. The Morgan fingerprint density at radius 3 is 2.29 bits per heavy atom. The van der Waals surface area contributed by atoms with Gasteiger partial charge in [-0.25, -0.2) is 0 Å². The van der Waals surface area contributed by atoms with Crippen LogP contribution in [0.25, 0.3) is 11.1 Å². The quantitative estimate of drug-likeness (QED) is 0.221. The zero-order chi connectivity index (χ0) is 18.9. The van der Waals surface area contributed by atoms with E-state index >= 15 is 0 Å². The van der Waals surface area contributed by atoms with E-state index in [4.69, 9.17) is 11.6 Å². The van der Waals surface area contributed by atoms with Crippen LogP contribution in [0.5, 0.6) is 0 Å². The highest BCUT2D eigenvalue weighted by molar-refractivity contribution is 9.10. The molecule has 0 nitrogen and oxygen atoms in total. The third-order valence-electron chi connectivity index (χ3n) is 5.87. The molecular weight excluding hydrogens is 448 g/mol.